The first kappa shape index (κ1) is 28.1. The molecule has 0 saturated heterocycles. The predicted molar refractivity (Wildman–Crippen MR) is 203 cm³/mol. The van der Waals surface area contributed by atoms with Gasteiger partial charge in [-0.3, -0.25) is 14.5 Å². The number of fused-ring (bicyclic) bond motifs is 6. The van der Waals surface area contributed by atoms with E-state index in [9.17, 15) is 0 Å². The molecular weight excluding hydrogens is 613 g/mol. The van der Waals surface area contributed by atoms with E-state index in [1.54, 1.807) is 12.4 Å². The predicted octanol–water partition coefficient (Wildman–Crippen LogP) is 10.5. The Kier molecular flexibility index (Phi) is 6.39. The molecule has 10 aromatic rings. The Hall–Kier alpha value is -6.92. The molecule has 6 heterocycles. The summed E-state index contributed by atoms with van der Waals surface area (Å²) in [6.45, 7) is 0. The van der Waals surface area contributed by atoms with Crippen LogP contribution in [0.1, 0.15) is 0 Å². The molecule has 0 aliphatic heterocycles. The topological polar surface area (TPSA) is 61.4 Å². The maximum atomic E-state index is 5.02. The number of nitrogens with zero attached hydrogens (tertiary/aromatic N) is 6. The van der Waals surface area contributed by atoms with Crippen LogP contribution in [0.5, 0.6) is 0 Å². The second-order valence-corrected chi connectivity index (χ2v) is 12.4. The van der Waals surface area contributed by atoms with Crippen LogP contribution in [0.2, 0.25) is 0 Å². The fraction of sp³-hybridized carbons (Fsp3) is 0. The summed E-state index contributed by atoms with van der Waals surface area (Å²) in [6.07, 6.45) is 5.48. The lowest BCUT2D eigenvalue weighted by Crippen LogP contribution is -1.99. The summed E-state index contributed by atoms with van der Waals surface area (Å²) in [6, 6.07) is 52.9. The second-order valence-electron chi connectivity index (χ2n) is 12.4. The van der Waals surface area contributed by atoms with Crippen molar-refractivity contribution in [3.05, 3.63) is 170 Å². The lowest BCUT2D eigenvalue weighted by atomic mass is 10.0. The summed E-state index contributed by atoms with van der Waals surface area (Å²) in [5.41, 5.74) is 11.9. The molecule has 0 unspecified atom stereocenters. The zero-order chi connectivity index (χ0) is 33.0. The van der Waals surface area contributed by atoms with E-state index in [0.29, 0.717) is 0 Å². The van der Waals surface area contributed by atoms with Gasteiger partial charge in [0.1, 0.15) is 5.65 Å². The smallest absolute Gasteiger partial charge is 0.145 e. The van der Waals surface area contributed by atoms with Crippen LogP contribution in [0, 0.1) is 0 Å². The molecule has 0 spiro atoms. The third-order valence-corrected chi connectivity index (χ3v) is 9.47. The number of rotatable bonds is 5. The largest absolute Gasteiger partial charge is 0.309 e. The number of para-hydroxylation sites is 2. The van der Waals surface area contributed by atoms with Gasteiger partial charge >= 0.3 is 0 Å². The Bertz CT molecular complexity index is 2800. The van der Waals surface area contributed by atoms with Gasteiger partial charge in [-0.1, -0.05) is 66.7 Å². The minimum absolute atomic E-state index is 0.794. The van der Waals surface area contributed by atoms with Gasteiger partial charge in [-0.2, -0.15) is 0 Å². The van der Waals surface area contributed by atoms with Crippen LogP contribution in [0.4, 0.5) is 0 Å². The summed E-state index contributed by atoms with van der Waals surface area (Å²) in [7, 11) is 0. The Morgan fingerprint density at radius 3 is 1.72 bits per heavy atom. The van der Waals surface area contributed by atoms with E-state index < -0.39 is 0 Å². The number of aromatic nitrogens is 6. The summed E-state index contributed by atoms with van der Waals surface area (Å²) in [4.78, 5) is 19.1. The monoisotopic (exact) mass is 640 g/mol. The van der Waals surface area contributed by atoms with Gasteiger partial charge in [-0.25, -0.2) is 9.97 Å². The zero-order valence-electron chi connectivity index (χ0n) is 26.8. The molecule has 4 aromatic carbocycles. The van der Waals surface area contributed by atoms with E-state index in [1.807, 2.05) is 54.7 Å². The highest BCUT2D eigenvalue weighted by Gasteiger charge is 2.18. The van der Waals surface area contributed by atoms with Crippen molar-refractivity contribution in [2.45, 2.75) is 0 Å². The molecule has 0 bridgehead atoms. The lowest BCUT2D eigenvalue weighted by molar-refractivity contribution is 1.14. The van der Waals surface area contributed by atoms with Crippen LogP contribution in [0.25, 0.3) is 89.0 Å². The van der Waals surface area contributed by atoms with Crippen molar-refractivity contribution in [1.29, 1.82) is 0 Å². The zero-order valence-corrected chi connectivity index (χ0v) is 26.8. The highest BCUT2D eigenvalue weighted by atomic mass is 15.0. The third kappa shape index (κ3) is 4.50. The molecule has 50 heavy (non-hydrogen) atoms. The van der Waals surface area contributed by atoms with E-state index in [-0.39, 0.29) is 0 Å². The van der Waals surface area contributed by atoms with Crippen molar-refractivity contribution in [2.24, 2.45) is 0 Å². The maximum Gasteiger partial charge on any atom is 0.145 e. The minimum atomic E-state index is 0.794. The Labute approximate surface area is 287 Å². The number of hydrogen-bond acceptors (Lipinski definition) is 4. The molecule has 0 aliphatic carbocycles. The van der Waals surface area contributed by atoms with Crippen LogP contribution in [-0.2, 0) is 0 Å². The molecule has 6 aromatic heterocycles. The standard InChI is InChI=1S/C44H28N6/c1-2-11-31(12-3-1)50-43-26-30(18-20-34(43)35-14-10-24-47-44(35)50)29-19-21-42-36(25-29)33-13-4-5-17-41(33)49(42)32-27-39(37-15-6-8-22-45-37)48-40(28-32)38-16-7-9-23-46-38/h1-28H. The van der Waals surface area contributed by atoms with Gasteiger partial charge in [0.05, 0.1) is 45.0 Å². The molecule has 0 amide bonds. The number of pyridine rings is 4. The SMILES string of the molecule is c1ccc(-n2c3cc(-c4ccc5c(c4)c4ccccc4n5-c4cc(-c5ccccn5)nc(-c5ccccn5)c4)ccc3c3cccnc32)cc1. The van der Waals surface area contributed by atoms with E-state index in [4.69, 9.17) is 9.97 Å². The van der Waals surface area contributed by atoms with Crippen molar-refractivity contribution in [3.63, 3.8) is 0 Å². The molecule has 0 fully saturated rings. The average molecular weight is 641 g/mol. The molecule has 6 heteroatoms. The molecular formula is C44H28N6. The van der Waals surface area contributed by atoms with Gasteiger partial charge in [0.25, 0.3) is 0 Å². The highest BCUT2D eigenvalue weighted by molar-refractivity contribution is 6.12. The minimum Gasteiger partial charge on any atom is -0.309 e. The van der Waals surface area contributed by atoms with Gasteiger partial charge in [-0.15, -0.1) is 0 Å². The van der Waals surface area contributed by atoms with Crippen LogP contribution in [0.3, 0.4) is 0 Å². The van der Waals surface area contributed by atoms with Gasteiger partial charge < -0.3 is 4.57 Å². The van der Waals surface area contributed by atoms with Crippen molar-refractivity contribution in [3.8, 4) is 45.3 Å². The van der Waals surface area contributed by atoms with Crippen LogP contribution in [-0.4, -0.2) is 29.1 Å². The third-order valence-electron chi connectivity index (χ3n) is 9.47. The molecule has 0 atom stereocenters. The van der Waals surface area contributed by atoms with Crippen LogP contribution in [0.15, 0.2) is 170 Å². The van der Waals surface area contributed by atoms with Crippen molar-refractivity contribution in [2.75, 3.05) is 0 Å². The van der Waals surface area contributed by atoms with Crippen molar-refractivity contribution < 1.29 is 0 Å². The summed E-state index contributed by atoms with van der Waals surface area (Å²) in [5.74, 6) is 0. The Morgan fingerprint density at radius 1 is 0.340 bits per heavy atom. The van der Waals surface area contributed by atoms with E-state index in [2.05, 4.69) is 122 Å². The fourth-order valence-corrected chi connectivity index (χ4v) is 7.23. The first-order chi connectivity index (χ1) is 24.8. The van der Waals surface area contributed by atoms with Gasteiger partial charge in [0, 0.05) is 45.8 Å². The average Bonchev–Trinajstić information content (AvgIpc) is 3.71. The quantitative estimate of drug-likeness (QED) is 0.188. The van der Waals surface area contributed by atoms with E-state index >= 15 is 0 Å². The Balaban J connectivity index is 1.18. The summed E-state index contributed by atoms with van der Waals surface area (Å²) in [5, 5.41) is 4.69. The van der Waals surface area contributed by atoms with Crippen LogP contribution >= 0.6 is 0 Å². The molecule has 234 valence electrons. The lowest BCUT2D eigenvalue weighted by Gasteiger charge is -2.13. The second kappa shape index (κ2) is 11.4. The van der Waals surface area contributed by atoms with Crippen molar-refractivity contribution in [1.82, 2.24) is 29.1 Å². The summed E-state index contributed by atoms with van der Waals surface area (Å²) >= 11 is 0. The number of benzene rings is 4. The summed E-state index contributed by atoms with van der Waals surface area (Å²) < 4.78 is 4.59. The van der Waals surface area contributed by atoms with Gasteiger partial charge in [0.2, 0.25) is 0 Å². The maximum absolute atomic E-state index is 5.02. The van der Waals surface area contributed by atoms with Crippen molar-refractivity contribution >= 4 is 43.7 Å². The first-order valence-corrected chi connectivity index (χ1v) is 16.6. The molecule has 10 rings (SSSR count). The van der Waals surface area contributed by atoms with Crippen LogP contribution < -0.4 is 0 Å². The molecule has 6 nitrogen and oxygen atoms in total. The molecule has 0 N–H and O–H groups in total. The molecule has 0 radical (unpaired) electrons. The van der Waals surface area contributed by atoms with Gasteiger partial charge in [0.15, 0.2) is 0 Å². The van der Waals surface area contributed by atoms with E-state index in [1.165, 1.54) is 16.2 Å². The first-order valence-electron chi connectivity index (χ1n) is 16.6. The molecule has 0 saturated carbocycles. The molecule has 0 aliphatic rings. The highest BCUT2D eigenvalue weighted by Crippen LogP contribution is 2.38. The normalized spacial score (nSPS) is 11.6. The Morgan fingerprint density at radius 2 is 0.960 bits per heavy atom. The fourth-order valence-electron chi connectivity index (χ4n) is 7.23. The van der Waals surface area contributed by atoms with Gasteiger partial charge in [-0.05, 0) is 96.1 Å². The number of hydrogen-bond donors (Lipinski definition) is 0. The van der Waals surface area contributed by atoms with E-state index in [0.717, 1.165) is 72.9 Å².